The van der Waals surface area contributed by atoms with Crippen molar-refractivity contribution in [2.24, 2.45) is 0 Å². The number of nitrogens with zero attached hydrogens (tertiary/aromatic N) is 5. The molecule has 1 aliphatic rings. The Kier molecular flexibility index (Phi) is 6.21. The fraction of sp³-hybridized carbons (Fsp3) is 0.519. The number of rotatable bonds is 5. The number of anilines is 1. The number of aryl methyl sites for hydroxylation is 1. The average molecular weight is 448 g/mol. The standard InChI is InChI=1S/C27H37N5O/c1-18(2)22-16-21(24-19(3)29-32(25(24)28-22)27(4,5)6)26(33)30(7)17-20-12-8-9-13-23(20)31-14-10-11-15-31/h8-9,12-13,16,18H,10-11,14-15,17H2,1-7H3. The summed E-state index contributed by atoms with van der Waals surface area (Å²) in [6.45, 7) is 15.3. The molecule has 33 heavy (non-hydrogen) atoms. The van der Waals surface area contributed by atoms with Crippen molar-refractivity contribution in [1.29, 1.82) is 0 Å². The summed E-state index contributed by atoms with van der Waals surface area (Å²) in [5, 5.41) is 5.65. The second-order valence-electron chi connectivity index (χ2n) is 10.6. The third-order valence-electron chi connectivity index (χ3n) is 6.48. The van der Waals surface area contributed by atoms with E-state index in [0.717, 1.165) is 35.5 Å². The molecule has 6 heteroatoms. The smallest absolute Gasteiger partial charge is 0.254 e. The maximum atomic E-state index is 13.8. The Morgan fingerprint density at radius 3 is 2.45 bits per heavy atom. The van der Waals surface area contributed by atoms with E-state index in [1.165, 1.54) is 24.1 Å². The van der Waals surface area contributed by atoms with Crippen molar-refractivity contribution in [3.05, 3.63) is 52.8 Å². The lowest BCUT2D eigenvalue weighted by molar-refractivity contribution is 0.0787. The van der Waals surface area contributed by atoms with Gasteiger partial charge in [-0.15, -0.1) is 0 Å². The minimum Gasteiger partial charge on any atom is -0.371 e. The summed E-state index contributed by atoms with van der Waals surface area (Å²) in [6.07, 6.45) is 2.46. The largest absolute Gasteiger partial charge is 0.371 e. The van der Waals surface area contributed by atoms with Gasteiger partial charge in [-0.3, -0.25) is 4.79 Å². The van der Waals surface area contributed by atoms with Gasteiger partial charge in [0.05, 0.1) is 22.2 Å². The molecular formula is C27H37N5O. The van der Waals surface area contributed by atoms with E-state index in [0.29, 0.717) is 12.1 Å². The van der Waals surface area contributed by atoms with E-state index in [2.05, 4.69) is 63.8 Å². The van der Waals surface area contributed by atoms with Gasteiger partial charge in [-0.05, 0) is 64.2 Å². The van der Waals surface area contributed by atoms with Gasteiger partial charge in [0.2, 0.25) is 0 Å². The van der Waals surface area contributed by atoms with Crippen LogP contribution in [-0.2, 0) is 12.1 Å². The quantitative estimate of drug-likeness (QED) is 0.519. The molecule has 1 amide bonds. The van der Waals surface area contributed by atoms with Gasteiger partial charge in [-0.1, -0.05) is 32.0 Å². The fourth-order valence-corrected chi connectivity index (χ4v) is 4.68. The highest BCUT2D eigenvalue weighted by atomic mass is 16.2. The number of pyridine rings is 1. The molecular weight excluding hydrogens is 410 g/mol. The van der Waals surface area contributed by atoms with Gasteiger partial charge in [0.15, 0.2) is 5.65 Å². The number of carbonyl (C=O) groups excluding carboxylic acids is 1. The molecule has 0 N–H and O–H groups in total. The van der Waals surface area contributed by atoms with Crippen LogP contribution in [0.4, 0.5) is 5.69 Å². The van der Waals surface area contributed by atoms with E-state index >= 15 is 0 Å². The van der Waals surface area contributed by atoms with Crippen molar-refractivity contribution in [2.45, 2.75) is 72.4 Å². The molecule has 176 valence electrons. The lowest BCUT2D eigenvalue weighted by atomic mass is 10.0. The minimum atomic E-state index is -0.226. The van der Waals surface area contributed by atoms with Gasteiger partial charge in [-0.25, -0.2) is 9.67 Å². The summed E-state index contributed by atoms with van der Waals surface area (Å²) in [7, 11) is 1.90. The molecule has 1 saturated heterocycles. The first-order valence-corrected chi connectivity index (χ1v) is 12.1. The number of amides is 1. The zero-order chi connectivity index (χ0) is 23.9. The molecule has 0 aliphatic carbocycles. The Labute approximate surface area is 197 Å². The fourth-order valence-electron chi connectivity index (χ4n) is 4.68. The lowest BCUT2D eigenvalue weighted by Crippen LogP contribution is -2.28. The summed E-state index contributed by atoms with van der Waals surface area (Å²) in [4.78, 5) is 23.0. The van der Waals surface area contributed by atoms with Crippen LogP contribution < -0.4 is 4.90 Å². The zero-order valence-electron chi connectivity index (χ0n) is 21.1. The van der Waals surface area contributed by atoms with Crippen molar-refractivity contribution < 1.29 is 4.79 Å². The Morgan fingerprint density at radius 1 is 1.15 bits per heavy atom. The van der Waals surface area contributed by atoms with Crippen molar-refractivity contribution in [3.63, 3.8) is 0 Å². The van der Waals surface area contributed by atoms with Crippen LogP contribution in [0, 0.1) is 6.92 Å². The molecule has 3 aromatic rings. The SMILES string of the molecule is Cc1nn(C(C)(C)C)c2nc(C(C)C)cc(C(=O)N(C)Cc3ccccc3N3CCCC3)c12. The number of para-hydroxylation sites is 1. The third kappa shape index (κ3) is 4.48. The van der Waals surface area contributed by atoms with E-state index in [9.17, 15) is 4.79 Å². The Bertz CT molecular complexity index is 1170. The maximum Gasteiger partial charge on any atom is 0.254 e. The Balaban J connectivity index is 1.75. The van der Waals surface area contributed by atoms with Crippen LogP contribution in [0.3, 0.4) is 0 Å². The number of hydrogen-bond donors (Lipinski definition) is 0. The second-order valence-corrected chi connectivity index (χ2v) is 10.6. The zero-order valence-corrected chi connectivity index (χ0v) is 21.1. The molecule has 2 aromatic heterocycles. The van der Waals surface area contributed by atoms with E-state index in [4.69, 9.17) is 10.1 Å². The normalized spacial score (nSPS) is 14.5. The highest BCUT2D eigenvalue weighted by molar-refractivity contribution is 6.06. The lowest BCUT2D eigenvalue weighted by Gasteiger charge is -2.25. The highest BCUT2D eigenvalue weighted by Gasteiger charge is 2.27. The van der Waals surface area contributed by atoms with Crippen LogP contribution >= 0.6 is 0 Å². The van der Waals surface area contributed by atoms with E-state index in [-0.39, 0.29) is 17.4 Å². The molecule has 1 aliphatic heterocycles. The van der Waals surface area contributed by atoms with Gasteiger partial charge in [-0.2, -0.15) is 5.10 Å². The molecule has 0 atom stereocenters. The first-order chi connectivity index (χ1) is 15.6. The molecule has 0 unspecified atom stereocenters. The molecule has 0 spiro atoms. The summed E-state index contributed by atoms with van der Waals surface area (Å²) >= 11 is 0. The topological polar surface area (TPSA) is 54.3 Å². The van der Waals surface area contributed by atoms with Crippen molar-refractivity contribution in [2.75, 3.05) is 25.0 Å². The highest BCUT2D eigenvalue weighted by Crippen LogP contribution is 2.31. The van der Waals surface area contributed by atoms with Crippen LogP contribution in [0.1, 0.15) is 80.7 Å². The van der Waals surface area contributed by atoms with Gasteiger partial charge >= 0.3 is 0 Å². The van der Waals surface area contributed by atoms with Crippen LogP contribution in [0.5, 0.6) is 0 Å². The first kappa shape index (κ1) is 23.3. The van der Waals surface area contributed by atoms with Crippen LogP contribution in [0.15, 0.2) is 30.3 Å². The summed E-state index contributed by atoms with van der Waals surface area (Å²) in [5.74, 6) is 0.225. The molecule has 3 heterocycles. The van der Waals surface area contributed by atoms with E-state index < -0.39 is 0 Å². The Hall–Kier alpha value is -2.89. The summed E-state index contributed by atoms with van der Waals surface area (Å²) in [5.41, 5.74) is 5.45. The molecule has 0 bridgehead atoms. The molecule has 0 saturated carbocycles. The Morgan fingerprint density at radius 2 is 1.82 bits per heavy atom. The number of carbonyl (C=O) groups is 1. The predicted molar refractivity (Wildman–Crippen MR) is 135 cm³/mol. The van der Waals surface area contributed by atoms with Gasteiger partial charge in [0.1, 0.15) is 0 Å². The van der Waals surface area contributed by atoms with Crippen LogP contribution in [0.25, 0.3) is 11.0 Å². The van der Waals surface area contributed by atoms with Crippen molar-refractivity contribution in [3.8, 4) is 0 Å². The predicted octanol–water partition coefficient (Wildman–Crippen LogP) is 5.49. The molecule has 4 rings (SSSR count). The number of aromatic nitrogens is 3. The molecule has 1 aromatic carbocycles. The number of benzene rings is 1. The van der Waals surface area contributed by atoms with Crippen LogP contribution in [-0.4, -0.2) is 45.7 Å². The molecule has 6 nitrogen and oxygen atoms in total. The van der Waals surface area contributed by atoms with E-state index in [1.807, 2.05) is 29.6 Å². The third-order valence-corrected chi connectivity index (χ3v) is 6.48. The summed E-state index contributed by atoms with van der Waals surface area (Å²) < 4.78 is 1.96. The maximum absolute atomic E-state index is 13.8. The van der Waals surface area contributed by atoms with E-state index in [1.54, 1.807) is 0 Å². The van der Waals surface area contributed by atoms with Gasteiger partial charge in [0.25, 0.3) is 5.91 Å². The summed E-state index contributed by atoms with van der Waals surface area (Å²) in [6, 6.07) is 10.4. The minimum absolute atomic E-state index is 0.0112. The number of hydrogen-bond acceptors (Lipinski definition) is 4. The van der Waals surface area contributed by atoms with Crippen molar-refractivity contribution in [1.82, 2.24) is 19.7 Å². The average Bonchev–Trinajstić information content (AvgIpc) is 3.41. The molecule has 0 radical (unpaired) electrons. The number of fused-ring (bicyclic) bond motifs is 1. The second kappa shape index (κ2) is 8.81. The van der Waals surface area contributed by atoms with Gasteiger partial charge in [0, 0.05) is 38.1 Å². The molecule has 1 fully saturated rings. The first-order valence-electron chi connectivity index (χ1n) is 12.1. The van der Waals surface area contributed by atoms with Crippen molar-refractivity contribution >= 4 is 22.6 Å². The monoisotopic (exact) mass is 447 g/mol. The van der Waals surface area contributed by atoms with Gasteiger partial charge < -0.3 is 9.80 Å². The van der Waals surface area contributed by atoms with Crippen LogP contribution in [0.2, 0.25) is 0 Å².